The molecular formula is C17H22N2O2. The van der Waals surface area contributed by atoms with Gasteiger partial charge in [0.05, 0.1) is 11.7 Å². The fourth-order valence-corrected chi connectivity index (χ4v) is 3.79. The third kappa shape index (κ3) is 2.37. The molecule has 21 heavy (non-hydrogen) atoms. The van der Waals surface area contributed by atoms with E-state index >= 15 is 0 Å². The molecule has 1 aromatic carbocycles. The lowest BCUT2D eigenvalue weighted by molar-refractivity contribution is -0.130. The molecule has 1 aromatic heterocycles. The zero-order valence-corrected chi connectivity index (χ0v) is 12.2. The van der Waals surface area contributed by atoms with E-state index in [1.54, 1.807) is 0 Å². The molecule has 2 saturated heterocycles. The molecule has 4 nitrogen and oxygen atoms in total. The van der Waals surface area contributed by atoms with Crippen molar-refractivity contribution in [3.8, 4) is 0 Å². The predicted octanol–water partition coefficient (Wildman–Crippen LogP) is 2.28. The Morgan fingerprint density at radius 1 is 1.33 bits per heavy atom. The highest BCUT2D eigenvalue weighted by Gasteiger charge is 2.45. The zero-order valence-electron chi connectivity index (χ0n) is 12.2. The lowest BCUT2D eigenvalue weighted by Crippen LogP contribution is -2.54. The van der Waals surface area contributed by atoms with Crippen LogP contribution < -0.4 is 0 Å². The van der Waals surface area contributed by atoms with Crippen LogP contribution >= 0.6 is 0 Å². The minimum atomic E-state index is -0.358. The fraction of sp³-hybridized carbons (Fsp3) is 0.529. The van der Waals surface area contributed by atoms with Crippen molar-refractivity contribution >= 4 is 10.9 Å². The van der Waals surface area contributed by atoms with Gasteiger partial charge in [-0.25, -0.2) is 0 Å². The standard InChI is InChI=1S/C17H22N2O2/c20-16-12-19(8-6-17(16)5-1-9-21-17)11-13-2-3-14-4-7-18-15(14)10-13/h2-4,7,10,16,18,20H,1,5-6,8-9,11-12H2/t16-,17-/m0/s1. The summed E-state index contributed by atoms with van der Waals surface area (Å²) in [5.74, 6) is 0. The number of aliphatic hydroxyl groups excluding tert-OH is 1. The largest absolute Gasteiger partial charge is 0.389 e. The van der Waals surface area contributed by atoms with Crippen molar-refractivity contribution < 1.29 is 9.84 Å². The fourth-order valence-electron chi connectivity index (χ4n) is 3.79. The van der Waals surface area contributed by atoms with Gasteiger partial charge in [0.2, 0.25) is 0 Å². The van der Waals surface area contributed by atoms with Crippen molar-refractivity contribution in [2.45, 2.75) is 37.5 Å². The topological polar surface area (TPSA) is 48.5 Å². The molecule has 3 heterocycles. The van der Waals surface area contributed by atoms with Crippen molar-refractivity contribution in [2.75, 3.05) is 19.7 Å². The quantitative estimate of drug-likeness (QED) is 0.890. The molecule has 112 valence electrons. The summed E-state index contributed by atoms with van der Waals surface area (Å²) in [4.78, 5) is 5.59. The second-order valence-corrected chi connectivity index (χ2v) is 6.42. The number of piperidine rings is 1. The number of rotatable bonds is 2. The molecule has 0 amide bonds. The summed E-state index contributed by atoms with van der Waals surface area (Å²) in [6, 6.07) is 8.63. The van der Waals surface area contributed by atoms with Crippen molar-refractivity contribution in [1.82, 2.24) is 9.88 Å². The number of fused-ring (bicyclic) bond motifs is 1. The average molecular weight is 286 g/mol. The lowest BCUT2D eigenvalue weighted by atomic mass is 9.86. The lowest BCUT2D eigenvalue weighted by Gasteiger charge is -2.42. The smallest absolute Gasteiger partial charge is 0.0965 e. The van der Waals surface area contributed by atoms with Crippen LogP contribution in [0.1, 0.15) is 24.8 Å². The number of nitrogens with zero attached hydrogens (tertiary/aromatic N) is 1. The molecule has 2 aliphatic heterocycles. The minimum Gasteiger partial charge on any atom is -0.389 e. The molecule has 2 fully saturated rings. The van der Waals surface area contributed by atoms with Crippen LogP contribution in [0.2, 0.25) is 0 Å². The van der Waals surface area contributed by atoms with E-state index in [1.165, 1.54) is 16.5 Å². The number of ether oxygens (including phenoxy) is 1. The minimum absolute atomic E-state index is 0.250. The van der Waals surface area contributed by atoms with Gasteiger partial charge in [0.1, 0.15) is 0 Å². The Morgan fingerprint density at radius 2 is 2.29 bits per heavy atom. The van der Waals surface area contributed by atoms with Gasteiger partial charge in [-0.1, -0.05) is 12.1 Å². The zero-order chi connectivity index (χ0) is 14.3. The maximum Gasteiger partial charge on any atom is 0.0965 e. The van der Waals surface area contributed by atoms with Crippen molar-refractivity contribution in [1.29, 1.82) is 0 Å². The number of aliphatic hydroxyl groups is 1. The number of H-pyrrole nitrogens is 1. The van der Waals surface area contributed by atoms with Crippen LogP contribution in [-0.4, -0.2) is 46.4 Å². The Hall–Kier alpha value is -1.36. The van der Waals surface area contributed by atoms with Crippen LogP contribution in [0.3, 0.4) is 0 Å². The third-order valence-electron chi connectivity index (χ3n) is 5.05. The third-order valence-corrected chi connectivity index (χ3v) is 5.05. The summed E-state index contributed by atoms with van der Waals surface area (Å²) >= 11 is 0. The molecule has 2 atom stereocenters. The van der Waals surface area contributed by atoms with Crippen LogP contribution in [0.25, 0.3) is 10.9 Å². The number of benzene rings is 1. The number of hydrogen-bond acceptors (Lipinski definition) is 3. The van der Waals surface area contributed by atoms with Crippen LogP contribution in [-0.2, 0) is 11.3 Å². The highest BCUT2D eigenvalue weighted by atomic mass is 16.5. The number of β-amino-alcohol motifs (C(OH)–C–C–N with tert-alkyl or cyclic N) is 1. The molecular weight excluding hydrogens is 264 g/mol. The first-order chi connectivity index (χ1) is 10.3. The van der Waals surface area contributed by atoms with E-state index in [0.29, 0.717) is 6.54 Å². The summed E-state index contributed by atoms with van der Waals surface area (Å²) in [6.45, 7) is 3.41. The van der Waals surface area contributed by atoms with Gasteiger partial charge in [0.15, 0.2) is 0 Å². The van der Waals surface area contributed by atoms with Gasteiger partial charge in [0.25, 0.3) is 0 Å². The van der Waals surface area contributed by atoms with Crippen LogP contribution in [0.5, 0.6) is 0 Å². The van der Waals surface area contributed by atoms with Gasteiger partial charge >= 0.3 is 0 Å². The molecule has 4 heteroatoms. The summed E-state index contributed by atoms with van der Waals surface area (Å²) < 4.78 is 5.86. The van der Waals surface area contributed by atoms with E-state index in [9.17, 15) is 5.11 Å². The number of aromatic nitrogens is 1. The number of aromatic amines is 1. The summed E-state index contributed by atoms with van der Waals surface area (Å²) in [7, 11) is 0. The van der Waals surface area contributed by atoms with E-state index in [2.05, 4.69) is 34.1 Å². The highest BCUT2D eigenvalue weighted by molar-refractivity contribution is 5.79. The highest BCUT2D eigenvalue weighted by Crippen LogP contribution is 2.36. The van der Waals surface area contributed by atoms with E-state index < -0.39 is 0 Å². The summed E-state index contributed by atoms with van der Waals surface area (Å²) in [5.41, 5.74) is 2.22. The van der Waals surface area contributed by atoms with Crippen molar-refractivity contribution in [2.24, 2.45) is 0 Å². The second-order valence-electron chi connectivity index (χ2n) is 6.42. The Balaban J connectivity index is 1.45. The molecule has 2 aliphatic rings. The van der Waals surface area contributed by atoms with Crippen LogP contribution in [0, 0.1) is 0 Å². The molecule has 2 aromatic rings. The molecule has 0 aliphatic carbocycles. The van der Waals surface area contributed by atoms with E-state index in [0.717, 1.165) is 39.0 Å². The maximum absolute atomic E-state index is 10.5. The number of likely N-dealkylation sites (tertiary alicyclic amines) is 1. The summed E-state index contributed by atoms with van der Waals surface area (Å²) in [6.07, 6.45) is 4.65. The molecule has 0 unspecified atom stereocenters. The molecule has 0 radical (unpaired) electrons. The predicted molar refractivity (Wildman–Crippen MR) is 82.1 cm³/mol. The van der Waals surface area contributed by atoms with Crippen LogP contribution in [0.4, 0.5) is 0 Å². The molecule has 1 spiro atoms. The van der Waals surface area contributed by atoms with Crippen molar-refractivity contribution in [3.05, 3.63) is 36.0 Å². The number of nitrogens with one attached hydrogen (secondary N) is 1. The normalized spacial score (nSPS) is 30.4. The average Bonchev–Trinajstić information content (AvgIpc) is 3.13. The molecule has 0 bridgehead atoms. The monoisotopic (exact) mass is 286 g/mol. The molecule has 4 rings (SSSR count). The first kappa shape index (κ1) is 13.3. The van der Waals surface area contributed by atoms with Gasteiger partial charge in [-0.2, -0.15) is 0 Å². The van der Waals surface area contributed by atoms with Crippen LogP contribution in [0.15, 0.2) is 30.5 Å². The van der Waals surface area contributed by atoms with Gasteiger partial charge in [-0.3, -0.25) is 4.90 Å². The van der Waals surface area contributed by atoms with E-state index in [4.69, 9.17) is 4.74 Å². The van der Waals surface area contributed by atoms with E-state index in [1.807, 2.05) is 6.20 Å². The summed E-state index contributed by atoms with van der Waals surface area (Å²) in [5, 5.41) is 11.7. The Labute approximate surface area is 124 Å². The van der Waals surface area contributed by atoms with Gasteiger partial charge in [-0.05, 0) is 42.3 Å². The van der Waals surface area contributed by atoms with Crippen molar-refractivity contribution in [3.63, 3.8) is 0 Å². The van der Waals surface area contributed by atoms with Gasteiger partial charge in [-0.15, -0.1) is 0 Å². The second kappa shape index (κ2) is 5.13. The Bertz CT molecular complexity index is 631. The van der Waals surface area contributed by atoms with Gasteiger partial charge < -0.3 is 14.8 Å². The Kier molecular flexibility index (Phi) is 3.25. The molecule has 2 N–H and O–H groups in total. The van der Waals surface area contributed by atoms with Gasteiger partial charge in [0, 0.05) is 38.0 Å². The first-order valence-electron chi connectivity index (χ1n) is 7.86. The van der Waals surface area contributed by atoms with E-state index in [-0.39, 0.29) is 11.7 Å². The number of hydrogen-bond donors (Lipinski definition) is 2. The molecule has 0 saturated carbocycles. The first-order valence-corrected chi connectivity index (χ1v) is 7.86. The maximum atomic E-state index is 10.5. The SMILES string of the molecule is O[C@H]1CN(Cc2ccc3cc[nH]c3c2)CC[C@@]12CCCO2. The Morgan fingerprint density at radius 3 is 3.10 bits per heavy atom.